The zero-order chi connectivity index (χ0) is 18.5. The fraction of sp³-hybridized carbons (Fsp3) is 0.333. The lowest BCUT2D eigenvalue weighted by Gasteiger charge is -2.33. The first-order valence-corrected chi connectivity index (χ1v) is 9.42. The quantitative estimate of drug-likeness (QED) is 0.729. The third kappa shape index (κ3) is 4.59. The number of hydrogen-bond donors (Lipinski definition) is 1. The highest BCUT2D eigenvalue weighted by atomic mass is 19.1. The molecule has 0 radical (unpaired) electrons. The van der Waals surface area contributed by atoms with Crippen LogP contribution >= 0.6 is 0 Å². The lowest BCUT2D eigenvalue weighted by molar-refractivity contribution is 0.181. The van der Waals surface area contributed by atoms with Crippen molar-refractivity contribution in [2.24, 2.45) is 0 Å². The van der Waals surface area contributed by atoms with Crippen LogP contribution in [0.5, 0.6) is 0 Å². The van der Waals surface area contributed by atoms with Crippen LogP contribution in [0.4, 0.5) is 4.39 Å². The molecule has 2 aromatic heterocycles. The van der Waals surface area contributed by atoms with Gasteiger partial charge in [-0.15, -0.1) is 0 Å². The van der Waals surface area contributed by atoms with Crippen LogP contribution in [-0.4, -0.2) is 38.8 Å². The van der Waals surface area contributed by atoms with E-state index < -0.39 is 0 Å². The molecule has 0 spiro atoms. The molecule has 1 aromatic carbocycles. The average Bonchev–Trinajstić information content (AvgIpc) is 3.17. The van der Waals surface area contributed by atoms with Crippen molar-refractivity contribution in [3.05, 3.63) is 78.1 Å². The molecule has 0 bridgehead atoms. The zero-order valence-corrected chi connectivity index (χ0v) is 15.3. The van der Waals surface area contributed by atoms with Crippen molar-refractivity contribution in [3.63, 3.8) is 0 Å². The van der Waals surface area contributed by atoms with Crippen molar-refractivity contribution in [2.45, 2.75) is 32.0 Å². The van der Waals surface area contributed by atoms with Crippen LogP contribution in [0.3, 0.4) is 0 Å². The first-order valence-electron chi connectivity index (χ1n) is 9.42. The van der Waals surface area contributed by atoms with Crippen LogP contribution in [0.2, 0.25) is 0 Å². The van der Waals surface area contributed by atoms with Crippen molar-refractivity contribution in [2.75, 3.05) is 13.1 Å². The Morgan fingerprint density at radius 2 is 2.04 bits per heavy atom. The minimum absolute atomic E-state index is 0.266. The molecule has 0 saturated carbocycles. The summed E-state index contributed by atoms with van der Waals surface area (Å²) in [6, 6.07) is 13.2. The summed E-state index contributed by atoms with van der Waals surface area (Å²) in [6.45, 7) is 3.75. The summed E-state index contributed by atoms with van der Waals surface area (Å²) in [4.78, 5) is 6.88. The van der Waals surface area contributed by atoms with E-state index in [-0.39, 0.29) is 5.82 Å². The van der Waals surface area contributed by atoms with Gasteiger partial charge in [0.05, 0.1) is 11.9 Å². The van der Waals surface area contributed by atoms with Crippen LogP contribution in [0.15, 0.2) is 61.1 Å². The maximum absolute atomic E-state index is 13.9. The number of para-hydroxylation sites is 1. The first-order chi connectivity index (χ1) is 13.3. The number of nitrogens with one attached hydrogen (secondary N) is 1. The standard InChI is InChI=1S/C21H24FN5/c22-20-8-1-2-9-21(20)27-14-17(13-25-27)12-24-19-7-5-11-26(16-19)15-18-6-3-4-10-23-18/h1-4,6,8-10,13-14,19,24H,5,7,11-12,15-16H2/t19-/m1/s1. The lowest BCUT2D eigenvalue weighted by atomic mass is 10.1. The largest absolute Gasteiger partial charge is 0.309 e. The summed E-state index contributed by atoms with van der Waals surface area (Å²) in [6.07, 6.45) is 7.88. The summed E-state index contributed by atoms with van der Waals surface area (Å²) >= 11 is 0. The molecule has 1 aliphatic rings. The number of hydrogen-bond acceptors (Lipinski definition) is 4. The molecule has 27 heavy (non-hydrogen) atoms. The molecule has 1 fully saturated rings. The molecule has 0 aliphatic carbocycles. The van der Waals surface area contributed by atoms with Gasteiger partial charge in [0.2, 0.25) is 0 Å². The van der Waals surface area contributed by atoms with Crippen molar-refractivity contribution in [3.8, 4) is 5.69 Å². The molecule has 1 aliphatic heterocycles. The molecular formula is C21H24FN5. The van der Waals surface area contributed by atoms with Gasteiger partial charge >= 0.3 is 0 Å². The molecule has 1 saturated heterocycles. The average molecular weight is 365 g/mol. The third-order valence-corrected chi connectivity index (χ3v) is 4.95. The molecule has 3 heterocycles. The molecule has 6 heteroatoms. The Hall–Kier alpha value is -2.57. The zero-order valence-electron chi connectivity index (χ0n) is 15.3. The number of likely N-dealkylation sites (tertiary alicyclic amines) is 1. The second-order valence-electron chi connectivity index (χ2n) is 7.02. The summed E-state index contributed by atoms with van der Waals surface area (Å²) in [5.74, 6) is -0.266. The smallest absolute Gasteiger partial charge is 0.148 e. The van der Waals surface area contributed by atoms with E-state index in [2.05, 4.69) is 26.4 Å². The van der Waals surface area contributed by atoms with Gasteiger partial charge in [-0.05, 0) is 43.7 Å². The monoisotopic (exact) mass is 365 g/mol. The predicted molar refractivity (Wildman–Crippen MR) is 103 cm³/mol. The number of rotatable bonds is 6. The van der Waals surface area contributed by atoms with E-state index in [0.29, 0.717) is 11.7 Å². The second-order valence-corrected chi connectivity index (χ2v) is 7.02. The maximum atomic E-state index is 13.9. The van der Waals surface area contributed by atoms with E-state index in [1.165, 1.54) is 18.9 Å². The fourth-order valence-corrected chi connectivity index (χ4v) is 3.57. The number of benzene rings is 1. The molecule has 0 amide bonds. The third-order valence-electron chi connectivity index (χ3n) is 4.95. The van der Waals surface area contributed by atoms with E-state index in [9.17, 15) is 4.39 Å². The molecule has 0 unspecified atom stereocenters. The first kappa shape index (κ1) is 17.8. The van der Waals surface area contributed by atoms with E-state index >= 15 is 0 Å². The van der Waals surface area contributed by atoms with Gasteiger partial charge in [0.15, 0.2) is 0 Å². The van der Waals surface area contributed by atoms with E-state index in [0.717, 1.165) is 37.4 Å². The Labute approximate surface area is 158 Å². The van der Waals surface area contributed by atoms with Gasteiger partial charge in [0.25, 0.3) is 0 Å². The van der Waals surface area contributed by atoms with Crippen LogP contribution in [0.1, 0.15) is 24.1 Å². The van der Waals surface area contributed by atoms with Gasteiger partial charge in [-0.2, -0.15) is 5.10 Å². The summed E-state index contributed by atoms with van der Waals surface area (Å²) in [5, 5.41) is 7.92. The van der Waals surface area contributed by atoms with Gasteiger partial charge in [0.1, 0.15) is 11.5 Å². The van der Waals surface area contributed by atoms with Crippen molar-refractivity contribution in [1.29, 1.82) is 0 Å². The highest BCUT2D eigenvalue weighted by Crippen LogP contribution is 2.15. The van der Waals surface area contributed by atoms with Crippen LogP contribution in [-0.2, 0) is 13.1 Å². The number of nitrogens with zero attached hydrogens (tertiary/aromatic N) is 4. The molecule has 3 aromatic rings. The highest BCUT2D eigenvalue weighted by Gasteiger charge is 2.20. The number of piperidine rings is 1. The highest BCUT2D eigenvalue weighted by molar-refractivity contribution is 5.32. The van der Waals surface area contributed by atoms with E-state index in [1.54, 1.807) is 23.0 Å². The van der Waals surface area contributed by atoms with Crippen LogP contribution < -0.4 is 5.32 Å². The SMILES string of the molecule is Fc1ccccc1-n1cc(CN[C@@H]2CCCN(Cc3ccccn3)C2)cn1. The minimum Gasteiger partial charge on any atom is -0.309 e. The predicted octanol–water partition coefficient (Wildman–Crippen LogP) is 3.16. The van der Waals surface area contributed by atoms with Crippen molar-refractivity contribution >= 4 is 0 Å². The number of aromatic nitrogens is 3. The fourth-order valence-electron chi connectivity index (χ4n) is 3.57. The van der Waals surface area contributed by atoms with Gasteiger partial charge in [0, 0.05) is 43.6 Å². The number of pyridine rings is 1. The van der Waals surface area contributed by atoms with Gasteiger partial charge in [-0.25, -0.2) is 9.07 Å². The minimum atomic E-state index is -0.266. The summed E-state index contributed by atoms with van der Waals surface area (Å²) in [5.41, 5.74) is 2.65. The molecule has 140 valence electrons. The van der Waals surface area contributed by atoms with Crippen molar-refractivity contribution in [1.82, 2.24) is 25.0 Å². The molecule has 4 rings (SSSR count). The molecule has 1 N–H and O–H groups in total. The van der Waals surface area contributed by atoms with Gasteiger partial charge < -0.3 is 5.32 Å². The van der Waals surface area contributed by atoms with Crippen LogP contribution in [0.25, 0.3) is 5.69 Å². The van der Waals surface area contributed by atoms with Gasteiger partial charge in [-0.1, -0.05) is 18.2 Å². The Morgan fingerprint density at radius 3 is 2.89 bits per heavy atom. The Kier molecular flexibility index (Phi) is 5.55. The van der Waals surface area contributed by atoms with Crippen molar-refractivity contribution < 1.29 is 4.39 Å². The van der Waals surface area contributed by atoms with Crippen LogP contribution in [0, 0.1) is 5.82 Å². The molecular weight excluding hydrogens is 341 g/mol. The van der Waals surface area contributed by atoms with E-state index in [1.807, 2.05) is 30.6 Å². The lowest BCUT2D eigenvalue weighted by Crippen LogP contribution is -2.45. The summed E-state index contributed by atoms with van der Waals surface area (Å²) in [7, 11) is 0. The Morgan fingerprint density at radius 1 is 1.15 bits per heavy atom. The van der Waals surface area contributed by atoms with Gasteiger partial charge in [-0.3, -0.25) is 9.88 Å². The Bertz CT molecular complexity index is 864. The second kappa shape index (κ2) is 8.41. The molecule has 1 atom stereocenters. The molecule has 5 nitrogen and oxygen atoms in total. The topological polar surface area (TPSA) is 46.0 Å². The number of halogens is 1. The van der Waals surface area contributed by atoms with E-state index in [4.69, 9.17) is 0 Å². The maximum Gasteiger partial charge on any atom is 0.148 e. The summed E-state index contributed by atoms with van der Waals surface area (Å²) < 4.78 is 15.5. The Balaban J connectivity index is 1.32. The normalized spacial score (nSPS) is 17.9.